The number of fused-ring (bicyclic) bond motifs is 16. The minimum absolute atomic E-state index is 0.00775. The number of hydrogen-bond donors (Lipinski definition) is 0. The molecule has 0 saturated heterocycles. The van der Waals surface area contributed by atoms with Crippen molar-refractivity contribution in [1.82, 2.24) is 9.13 Å². The van der Waals surface area contributed by atoms with Crippen molar-refractivity contribution in [2.75, 3.05) is 0 Å². The Morgan fingerprint density at radius 1 is 0.446 bits per heavy atom. The van der Waals surface area contributed by atoms with Crippen LogP contribution in [0.5, 0.6) is 23.0 Å². The number of aryl methyl sites for hydroxylation is 2. The van der Waals surface area contributed by atoms with Crippen LogP contribution in [0.3, 0.4) is 0 Å². The van der Waals surface area contributed by atoms with Crippen LogP contribution in [0.1, 0.15) is 11.1 Å². The quantitative estimate of drug-likeness (QED) is 0.167. The molecule has 2 aliphatic heterocycles. The van der Waals surface area contributed by atoms with E-state index < -0.39 is 0 Å². The Labute approximate surface area is 321 Å². The first kappa shape index (κ1) is 30.2. The summed E-state index contributed by atoms with van der Waals surface area (Å²) in [5.41, 5.74) is 13.9. The molecule has 8 aromatic carbocycles. The second-order valence-corrected chi connectivity index (χ2v) is 15.4. The Morgan fingerprint density at radius 2 is 0.964 bits per heavy atom. The molecule has 0 radical (unpaired) electrons. The van der Waals surface area contributed by atoms with Gasteiger partial charge in [0.1, 0.15) is 34.2 Å². The molecule has 0 spiro atoms. The van der Waals surface area contributed by atoms with Gasteiger partial charge in [-0.1, -0.05) is 97.1 Å². The number of para-hydroxylation sites is 4. The largest absolute Gasteiger partial charge is 0.458 e. The topological polar surface area (TPSA) is 41.5 Å². The standard InChI is InChI=1S/C50H31BN2O3/c1-28-20-22-35-40(24-28)54-42-26-31(27-43-47(42)51(35)36-23-21-29(2)25-41(36)55-43)53-38-18-10-7-15-33(38)45-48(53)44-32-14-6-9-17-37(32)52(30-12-4-3-5-13-30)49(44)46-34-16-8-11-19-39(34)56-50(45)46/h3-27H,1-2H3. The Morgan fingerprint density at radius 3 is 1.61 bits per heavy atom. The molecule has 0 atom stereocenters. The molecule has 5 nitrogen and oxygen atoms in total. The molecule has 0 bridgehead atoms. The lowest BCUT2D eigenvalue weighted by Gasteiger charge is -2.33. The number of benzene rings is 8. The van der Waals surface area contributed by atoms with Crippen LogP contribution in [0.4, 0.5) is 0 Å². The van der Waals surface area contributed by atoms with Crippen LogP contribution in [-0.4, -0.2) is 15.8 Å². The lowest BCUT2D eigenvalue weighted by molar-refractivity contribution is 0.464. The zero-order chi connectivity index (χ0) is 36.8. The lowest BCUT2D eigenvalue weighted by atomic mass is 9.35. The van der Waals surface area contributed by atoms with Crippen LogP contribution in [0.25, 0.3) is 76.9 Å². The minimum Gasteiger partial charge on any atom is -0.458 e. The minimum atomic E-state index is -0.00775. The van der Waals surface area contributed by atoms with Crippen molar-refractivity contribution >= 4 is 88.7 Å². The van der Waals surface area contributed by atoms with Gasteiger partial charge in [-0.3, -0.25) is 0 Å². The van der Waals surface area contributed by atoms with Crippen LogP contribution in [0, 0.1) is 13.8 Å². The first-order chi connectivity index (χ1) is 27.6. The number of ether oxygens (including phenoxy) is 2. The molecular formula is C50H31BN2O3. The second-order valence-electron chi connectivity index (χ2n) is 15.4. The number of hydrogen-bond acceptors (Lipinski definition) is 3. The zero-order valence-corrected chi connectivity index (χ0v) is 30.6. The third-order valence-electron chi connectivity index (χ3n) is 12.1. The maximum Gasteiger partial charge on any atom is 0.260 e. The summed E-state index contributed by atoms with van der Waals surface area (Å²) in [6, 6.07) is 54.2. The van der Waals surface area contributed by atoms with E-state index in [4.69, 9.17) is 13.9 Å². The number of aromatic nitrogens is 2. The van der Waals surface area contributed by atoms with Gasteiger partial charge in [-0.15, -0.1) is 0 Å². The maximum atomic E-state index is 7.00. The summed E-state index contributed by atoms with van der Waals surface area (Å²) in [5.74, 6) is 3.40. The zero-order valence-electron chi connectivity index (χ0n) is 30.6. The fourth-order valence-corrected chi connectivity index (χ4v) is 9.82. The van der Waals surface area contributed by atoms with Gasteiger partial charge in [0.05, 0.1) is 38.5 Å². The van der Waals surface area contributed by atoms with E-state index in [1.165, 1.54) is 10.8 Å². The molecule has 56 heavy (non-hydrogen) atoms. The van der Waals surface area contributed by atoms with E-state index in [0.29, 0.717) is 0 Å². The second kappa shape index (κ2) is 10.7. The van der Waals surface area contributed by atoms with Crippen LogP contribution < -0.4 is 25.9 Å². The summed E-state index contributed by atoms with van der Waals surface area (Å²) in [6.45, 7) is 4.23. The van der Waals surface area contributed by atoms with E-state index in [0.717, 1.165) is 117 Å². The van der Waals surface area contributed by atoms with Crippen molar-refractivity contribution in [3.05, 3.63) is 163 Å². The van der Waals surface area contributed by atoms with Gasteiger partial charge in [0.2, 0.25) is 0 Å². The molecular weight excluding hydrogens is 687 g/mol. The summed E-state index contributed by atoms with van der Waals surface area (Å²) < 4.78 is 25.7. The Kier molecular flexibility index (Phi) is 5.79. The molecule has 6 heteroatoms. The first-order valence-electron chi connectivity index (χ1n) is 19.2. The molecule has 2 aliphatic rings. The first-order valence-corrected chi connectivity index (χ1v) is 19.2. The van der Waals surface area contributed by atoms with Gasteiger partial charge in [0.25, 0.3) is 6.71 Å². The Bertz CT molecular complexity index is 3440. The van der Waals surface area contributed by atoms with Crippen molar-refractivity contribution in [1.29, 1.82) is 0 Å². The lowest BCUT2D eigenvalue weighted by Crippen LogP contribution is -2.57. The van der Waals surface area contributed by atoms with Crippen molar-refractivity contribution in [3.8, 4) is 34.4 Å². The van der Waals surface area contributed by atoms with Crippen molar-refractivity contribution in [2.24, 2.45) is 0 Å². The fourth-order valence-electron chi connectivity index (χ4n) is 9.82. The van der Waals surface area contributed by atoms with E-state index in [1.807, 2.05) is 0 Å². The summed E-state index contributed by atoms with van der Waals surface area (Å²) >= 11 is 0. The van der Waals surface area contributed by atoms with Crippen molar-refractivity contribution < 1.29 is 13.9 Å². The average Bonchev–Trinajstić information content (AvgIpc) is 3.88. The summed E-state index contributed by atoms with van der Waals surface area (Å²) in [4.78, 5) is 0. The summed E-state index contributed by atoms with van der Waals surface area (Å²) in [5, 5.41) is 6.76. The highest BCUT2D eigenvalue weighted by molar-refractivity contribution is 6.98. The Hall–Kier alpha value is -7.18. The predicted octanol–water partition coefficient (Wildman–Crippen LogP) is 11.1. The van der Waals surface area contributed by atoms with Crippen LogP contribution in [0.15, 0.2) is 156 Å². The normalized spacial score (nSPS) is 13.1. The van der Waals surface area contributed by atoms with Crippen molar-refractivity contribution in [3.63, 3.8) is 0 Å². The van der Waals surface area contributed by atoms with E-state index in [2.05, 4.69) is 175 Å². The summed E-state index contributed by atoms with van der Waals surface area (Å²) in [7, 11) is 0. The van der Waals surface area contributed by atoms with E-state index in [9.17, 15) is 0 Å². The maximum absolute atomic E-state index is 7.00. The third-order valence-corrected chi connectivity index (χ3v) is 12.1. The van der Waals surface area contributed by atoms with Gasteiger partial charge in [0, 0.05) is 44.8 Å². The summed E-state index contributed by atoms with van der Waals surface area (Å²) in [6.07, 6.45) is 0. The van der Waals surface area contributed by atoms with E-state index in [1.54, 1.807) is 0 Å². The number of furan rings is 1. The third kappa shape index (κ3) is 3.85. The van der Waals surface area contributed by atoms with E-state index in [-0.39, 0.29) is 6.71 Å². The number of rotatable bonds is 2. The fraction of sp³-hybridized carbons (Fsp3) is 0.0400. The van der Waals surface area contributed by atoms with Gasteiger partial charge in [-0.2, -0.15) is 0 Å². The highest BCUT2D eigenvalue weighted by atomic mass is 16.5. The van der Waals surface area contributed by atoms with E-state index >= 15 is 0 Å². The molecule has 0 N–H and O–H groups in total. The van der Waals surface area contributed by atoms with Gasteiger partial charge in [0.15, 0.2) is 0 Å². The smallest absolute Gasteiger partial charge is 0.260 e. The molecule has 0 amide bonds. The van der Waals surface area contributed by atoms with Gasteiger partial charge in [-0.25, -0.2) is 0 Å². The van der Waals surface area contributed by atoms with Gasteiger partial charge >= 0.3 is 0 Å². The highest BCUT2D eigenvalue weighted by Gasteiger charge is 2.41. The average molecular weight is 719 g/mol. The predicted molar refractivity (Wildman–Crippen MR) is 230 cm³/mol. The molecule has 0 unspecified atom stereocenters. The number of nitrogens with zero attached hydrogens (tertiary/aromatic N) is 2. The van der Waals surface area contributed by atoms with Crippen molar-refractivity contribution in [2.45, 2.75) is 13.8 Å². The molecule has 0 aliphatic carbocycles. The molecule has 0 saturated carbocycles. The van der Waals surface area contributed by atoms with Gasteiger partial charge < -0.3 is 23.0 Å². The molecule has 5 heterocycles. The monoisotopic (exact) mass is 718 g/mol. The van der Waals surface area contributed by atoms with Crippen LogP contribution >= 0.6 is 0 Å². The molecule has 13 rings (SSSR count). The van der Waals surface area contributed by atoms with Crippen LogP contribution in [0.2, 0.25) is 0 Å². The molecule has 0 fully saturated rings. The molecule has 262 valence electrons. The Balaban J connectivity index is 1.23. The molecule has 3 aromatic heterocycles. The van der Waals surface area contributed by atoms with Gasteiger partial charge in [-0.05, 0) is 78.4 Å². The SMILES string of the molecule is Cc1ccc2c(c1)Oc1cc(-n3c4ccccc4c4c5oc6ccccc6c5c5c(c6ccccc6n5-c5ccccc5)c43)cc3c1B2c1ccc(C)cc1O3. The highest BCUT2D eigenvalue weighted by Crippen LogP contribution is 2.50. The van der Waals surface area contributed by atoms with Crippen LogP contribution in [-0.2, 0) is 0 Å². The molecule has 11 aromatic rings.